The molecular weight excluding hydrogens is 209 g/mol. The number of thiophene rings is 1. The molecule has 13 heavy (non-hydrogen) atoms. The largest absolute Gasteiger partial charge is 0.205 e. The van der Waals surface area contributed by atoms with Gasteiger partial charge in [-0.3, -0.25) is 0 Å². The molecule has 1 aromatic carbocycles. The summed E-state index contributed by atoms with van der Waals surface area (Å²) in [5, 5.41) is 9.12. The van der Waals surface area contributed by atoms with Crippen molar-refractivity contribution in [1.29, 1.82) is 5.26 Å². The minimum atomic E-state index is -0.447. The monoisotopic (exact) mass is 211 g/mol. The van der Waals surface area contributed by atoms with Crippen molar-refractivity contribution in [2.45, 2.75) is 0 Å². The van der Waals surface area contributed by atoms with Gasteiger partial charge in [0.1, 0.15) is 16.8 Å². The summed E-state index contributed by atoms with van der Waals surface area (Å²) in [4.78, 5) is 0.496. The van der Waals surface area contributed by atoms with Crippen LogP contribution in [0.25, 0.3) is 10.1 Å². The van der Waals surface area contributed by atoms with Crippen LogP contribution >= 0.6 is 22.9 Å². The Morgan fingerprint density at radius 1 is 1.46 bits per heavy atom. The molecule has 0 amide bonds. The molecular formula is C9H3ClFNS. The molecule has 0 saturated carbocycles. The quantitative estimate of drug-likeness (QED) is 0.654. The van der Waals surface area contributed by atoms with E-state index in [4.69, 9.17) is 16.9 Å². The molecule has 2 aromatic rings. The first-order chi connectivity index (χ1) is 6.22. The van der Waals surface area contributed by atoms with Gasteiger partial charge in [-0.2, -0.15) is 5.26 Å². The fraction of sp³-hybridized carbons (Fsp3) is 0. The zero-order chi connectivity index (χ0) is 9.42. The summed E-state index contributed by atoms with van der Waals surface area (Å²) in [7, 11) is 0. The van der Waals surface area contributed by atoms with E-state index in [1.54, 1.807) is 6.07 Å². The van der Waals surface area contributed by atoms with Crippen molar-refractivity contribution in [3.8, 4) is 6.07 Å². The lowest BCUT2D eigenvalue weighted by molar-refractivity contribution is 0.640. The number of rotatable bonds is 0. The van der Waals surface area contributed by atoms with E-state index in [2.05, 4.69) is 0 Å². The zero-order valence-electron chi connectivity index (χ0n) is 6.34. The van der Waals surface area contributed by atoms with Gasteiger partial charge in [0.25, 0.3) is 0 Å². The van der Waals surface area contributed by atoms with E-state index >= 15 is 0 Å². The fourth-order valence-corrected chi connectivity index (χ4v) is 2.12. The predicted molar refractivity (Wildman–Crippen MR) is 51.5 cm³/mol. The second-order valence-electron chi connectivity index (χ2n) is 2.50. The Morgan fingerprint density at radius 2 is 2.23 bits per heavy atom. The molecule has 0 fully saturated rings. The van der Waals surface area contributed by atoms with Crippen LogP contribution in [0.5, 0.6) is 0 Å². The van der Waals surface area contributed by atoms with Crippen LogP contribution in [0.3, 0.4) is 0 Å². The standard InChI is InChI=1S/C9H3ClFNS/c10-7-1-2-8-6(9(7)11)3-5(4-12)13-8/h1-3H. The van der Waals surface area contributed by atoms with E-state index < -0.39 is 5.82 Å². The SMILES string of the molecule is N#Cc1cc2c(F)c(Cl)ccc2s1. The summed E-state index contributed by atoms with van der Waals surface area (Å²) in [6.45, 7) is 0. The van der Waals surface area contributed by atoms with Crippen LogP contribution in [-0.4, -0.2) is 0 Å². The Kier molecular flexibility index (Phi) is 1.95. The second-order valence-corrected chi connectivity index (χ2v) is 3.99. The predicted octanol–water partition coefficient (Wildman–Crippen LogP) is 3.57. The van der Waals surface area contributed by atoms with Crippen molar-refractivity contribution >= 4 is 33.0 Å². The van der Waals surface area contributed by atoms with Gasteiger partial charge in [-0.15, -0.1) is 11.3 Å². The van der Waals surface area contributed by atoms with Crippen LogP contribution in [0.4, 0.5) is 4.39 Å². The summed E-state index contributed by atoms with van der Waals surface area (Å²) in [5.41, 5.74) is 0. The van der Waals surface area contributed by atoms with Crippen LogP contribution < -0.4 is 0 Å². The van der Waals surface area contributed by atoms with Crippen LogP contribution in [0.1, 0.15) is 4.88 Å². The normalized spacial score (nSPS) is 10.2. The molecule has 1 heterocycles. The molecule has 64 valence electrons. The molecule has 0 aliphatic carbocycles. The molecule has 0 N–H and O–H groups in total. The molecule has 0 atom stereocenters. The van der Waals surface area contributed by atoms with Crippen LogP contribution in [0, 0.1) is 17.1 Å². The number of nitriles is 1. The first kappa shape index (κ1) is 8.49. The number of nitrogens with zero attached hydrogens (tertiary/aromatic N) is 1. The number of benzene rings is 1. The lowest BCUT2D eigenvalue weighted by atomic mass is 10.2. The summed E-state index contributed by atoms with van der Waals surface area (Å²) in [5.74, 6) is -0.447. The van der Waals surface area contributed by atoms with Crippen LogP contribution in [0.15, 0.2) is 18.2 Å². The van der Waals surface area contributed by atoms with E-state index in [1.807, 2.05) is 6.07 Å². The lowest BCUT2D eigenvalue weighted by Crippen LogP contribution is -1.75. The second kappa shape index (κ2) is 2.99. The third-order valence-corrected chi connectivity index (χ3v) is 3.00. The molecule has 2 rings (SSSR count). The molecule has 0 bridgehead atoms. The van der Waals surface area contributed by atoms with Gasteiger partial charge in [0.05, 0.1) is 5.02 Å². The third-order valence-electron chi connectivity index (χ3n) is 1.70. The minimum Gasteiger partial charge on any atom is -0.205 e. The zero-order valence-corrected chi connectivity index (χ0v) is 7.92. The van der Waals surface area contributed by atoms with Gasteiger partial charge in [0, 0.05) is 10.1 Å². The Labute approximate surface area is 83.0 Å². The van der Waals surface area contributed by atoms with Crippen molar-refractivity contribution in [2.75, 3.05) is 0 Å². The molecule has 4 heteroatoms. The summed E-state index contributed by atoms with van der Waals surface area (Å²) in [6.07, 6.45) is 0. The number of halogens is 2. The van der Waals surface area contributed by atoms with Crippen molar-refractivity contribution < 1.29 is 4.39 Å². The maximum atomic E-state index is 13.3. The number of hydrogen-bond acceptors (Lipinski definition) is 2. The van der Waals surface area contributed by atoms with Gasteiger partial charge in [-0.05, 0) is 18.2 Å². The smallest absolute Gasteiger partial charge is 0.150 e. The van der Waals surface area contributed by atoms with E-state index in [0.717, 1.165) is 4.70 Å². The Hall–Kier alpha value is -1.11. The van der Waals surface area contributed by atoms with Crippen LogP contribution in [-0.2, 0) is 0 Å². The van der Waals surface area contributed by atoms with Gasteiger partial charge < -0.3 is 0 Å². The van der Waals surface area contributed by atoms with Gasteiger partial charge in [-0.1, -0.05) is 11.6 Å². The molecule has 0 radical (unpaired) electrons. The fourth-order valence-electron chi connectivity index (χ4n) is 1.11. The van der Waals surface area contributed by atoms with E-state index in [-0.39, 0.29) is 5.02 Å². The van der Waals surface area contributed by atoms with E-state index in [9.17, 15) is 4.39 Å². The molecule has 0 aliphatic rings. The van der Waals surface area contributed by atoms with Gasteiger partial charge in [0.15, 0.2) is 0 Å². The average Bonchev–Trinajstić information content (AvgIpc) is 2.55. The van der Waals surface area contributed by atoms with Crippen molar-refractivity contribution in [1.82, 2.24) is 0 Å². The topological polar surface area (TPSA) is 23.8 Å². The molecule has 1 aromatic heterocycles. The van der Waals surface area contributed by atoms with Gasteiger partial charge in [0.2, 0.25) is 0 Å². The van der Waals surface area contributed by atoms with E-state index in [0.29, 0.717) is 10.3 Å². The Morgan fingerprint density at radius 3 is 2.92 bits per heavy atom. The van der Waals surface area contributed by atoms with Crippen molar-refractivity contribution in [3.05, 3.63) is 33.9 Å². The highest BCUT2D eigenvalue weighted by Gasteiger charge is 2.08. The van der Waals surface area contributed by atoms with Crippen molar-refractivity contribution in [3.63, 3.8) is 0 Å². The Balaban J connectivity index is 2.86. The third kappa shape index (κ3) is 1.28. The first-order valence-corrected chi connectivity index (χ1v) is 4.69. The minimum absolute atomic E-state index is 0.0924. The number of fused-ring (bicyclic) bond motifs is 1. The molecule has 0 aliphatic heterocycles. The first-order valence-electron chi connectivity index (χ1n) is 3.50. The maximum absolute atomic E-state index is 13.3. The van der Waals surface area contributed by atoms with Gasteiger partial charge >= 0.3 is 0 Å². The van der Waals surface area contributed by atoms with Crippen LogP contribution in [0.2, 0.25) is 5.02 Å². The van der Waals surface area contributed by atoms with Crippen molar-refractivity contribution in [2.24, 2.45) is 0 Å². The summed E-state index contributed by atoms with van der Waals surface area (Å²) in [6, 6.07) is 6.70. The average molecular weight is 212 g/mol. The highest BCUT2D eigenvalue weighted by atomic mass is 35.5. The highest BCUT2D eigenvalue weighted by molar-refractivity contribution is 7.19. The molecule has 0 unspecified atom stereocenters. The summed E-state index contributed by atoms with van der Waals surface area (Å²) < 4.78 is 14.1. The Bertz CT molecular complexity index is 512. The highest BCUT2D eigenvalue weighted by Crippen LogP contribution is 2.30. The summed E-state index contributed by atoms with van der Waals surface area (Å²) >= 11 is 6.85. The van der Waals surface area contributed by atoms with E-state index in [1.165, 1.54) is 23.5 Å². The number of hydrogen-bond donors (Lipinski definition) is 0. The maximum Gasteiger partial charge on any atom is 0.150 e. The molecule has 1 nitrogen and oxygen atoms in total. The molecule has 0 spiro atoms. The van der Waals surface area contributed by atoms with Gasteiger partial charge in [-0.25, -0.2) is 4.39 Å². The molecule has 0 saturated heterocycles. The lowest BCUT2D eigenvalue weighted by Gasteiger charge is -1.93.